The Hall–Kier alpha value is -3.08. The summed E-state index contributed by atoms with van der Waals surface area (Å²) in [5, 5.41) is 3.89. The quantitative estimate of drug-likeness (QED) is 0.507. The van der Waals surface area contributed by atoms with E-state index in [0.29, 0.717) is 11.3 Å². The molecule has 3 aromatic rings. The van der Waals surface area contributed by atoms with Crippen LogP contribution in [-0.4, -0.2) is 18.6 Å². The number of carbonyl (C=O) groups excluding carboxylic acids is 1. The third kappa shape index (κ3) is 4.86. The van der Waals surface area contributed by atoms with Gasteiger partial charge in [-0.15, -0.1) is 0 Å². The second kappa shape index (κ2) is 8.95. The molecular formula is C24H25NO4. The highest BCUT2D eigenvalue weighted by molar-refractivity contribution is 5.93. The third-order valence-corrected chi connectivity index (χ3v) is 5.39. The van der Waals surface area contributed by atoms with Crippen LogP contribution in [0.15, 0.2) is 63.8 Å². The van der Waals surface area contributed by atoms with Gasteiger partial charge in [0.05, 0.1) is 0 Å². The first-order valence-corrected chi connectivity index (χ1v) is 10.2. The highest BCUT2D eigenvalue weighted by Crippen LogP contribution is 2.29. The lowest BCUT2D eigenvalue weighted by molar-refractivity contribution is -0.123. The molecule has 1 aromatic heterocycles. The maximum atomic E-state index is 12.2. The van der Waals surface area contributed by atoms with Crippen LogP contribution in [0.2, 0.25) is 0 Å². The number of hydrogen-bond acceptors (Lipinski definition) is 4. The van der Waals surface area contributed by atoms with E-state index in [0.717, 1.165) is 29.4 Å². The zero-order valence-corrected chi connectivity index (χ0v) is 16.4. The monoisotopic (exact) mass is 391 g/mol. The van der Waals surface area contributed by atoms with Gasteiger partial charge in [-0.1, -0.05) is 56.0 Å². The molecule has 29 heavy (non-hydrogen) atoms. The minimum atomic E-state index is -0.417. The number of hydrogen-bond donors (Lipinski definition) is 1. The molecule has 2 aromatic carbocycles. The van der Waals surface area contributed by atoms with Crippen molar-refractivity contribution in [2.75, 3.05) is 6.61 Å². The van der Waals surface area contributed by atoms with E-state index < -0.39 is 5.63 Å². The van der Waals surface area contributed by atoms with Crippen molar-refractivity contribution in [3.63, 3.8) is 0 Å². The summed E-state index contributed by atoms with van der Waals surface area (Å²) in [5.41, 5.74) is 1.79. The number of carbonyl (C=O) groups is 1. The molecule has 5 heteroatoms. The van der Waals surface area contributed by atoms with Crippen LogP contribution in [0, 0.1) is 0 Å². The predicted octanol–water partition coefficient (Wildman–Crippen LogP) is 4.68. The van der Waals surface area contributed by atoms with E-state index in [4.69, 9.17) is 9.15 Å². The normalized spacial score (nSPS) is 15.0. The maximum absolute atomic E-state index is 12.2. The van der Waals surface area contributed by atoms with Gasteiger partial charge in [-0.05, 0) is 36.1 Å². The van der Waals surface area contributed by atoms with Gasteiger partial charge < -0.3 is 14.5 Å². The van der Waals surface area contributed by atoms with Crippen LogP contribution >= 0.6 is 0 Å². The van der Waals surface area contributed by atoms with Crippen LogP contribution in [0.1, 0.15) is 38.5 Å². The molecule has 0 unspecified atom stereocenters. The summed E-state index contributed by atoms with van der Waals surface area (Å²) in [6.07, 6.45) is 6.90. The van der Waals surface area contributed by atoms with Crippen LogP contribution in [0.5, 0.6) is 5.75 Å². The highest BCUT2D eigenvalue weighted by atomic mass is 16.5. The number of fused-ring (bicyclic) bond motifs is 1. The fourth-order valence-electron chi connectivity index (χ4n) is 3.93. The molecular weight excluding hydrogens is 366 g/mol. The van der Waals surface area contributed by atoms with Gasteiger partial charge in [0.2, 0.25) is 0 Å². The van der Waals surface area contributed by atoms with Crippen LogP contribution in [0.4, 0.5) is 0 Å². The van der Waals surface area contributed by atoms with Gasteiger partial charge in [-0.2, -0.15) is 0 Å². The minimum Gasteiger partial charge on any atom is -0.484 e. The number of nitrogens with one attached hydrogen (secondary N) is 1. The Kier molecular flexibility index (Phi) is 5.94. The lowest BCUT2D eigenvalue weighted by Gasteiger charge is -2.16. The standard InChI is InChI=1S/C24H25NO4/c26-23(25-18-10-6-1-2-7-11-18)16-28-19-12-13-20-21(17-8-4-3-5-9-17)15-24(27)29-22(20)14-19/h3-5,8-9,12-15,18H,1-2,6-7,10-11,16H2,(H,25,26). The van der Waals surface area contributed by atoms with Crippen molar-refractivity contribution in [2.24, 2.45) is 0 Å². The molecule has 1 fully saturated rings. The van der Waals surface area contributed by atoms with Crippen molar-refractivity contribution in [1.29, 1.82) is 0 Å². The lowest BCUT2D eigenvalue weighted by Crippen LogP contribution is -2.37. The van der Waals surface area contributed by atoms with E-state index in [9.17, 15) is 9.59 Å². The lowest BCUT2D eigenvalue weighted by atomic mass is 10.0. The molecule has 0 spiro atoms. The average molecular weight is 391 g/mol. The van der Waals surface area contributed by atoms with E-state index in [-0.39, 0.29) is 18.6 Å². The summed E-state index contributed by atoms with van der Waals surface area (Å²) in [6, 6.07) is 16.8. The molecule has 150 valence electrons. The van der Waals surface area contributed by atoms with Gasteiger partial charge >= 0.3 is 5.63 Å². The zero-order chi connectivity index (χ0) is 20.1. The third-order valence-electron chi connectivity index (χ3n) is 5.39. The maximum Gasteiger partial charge on any atom is 0.336 e. The number of benzene rings is 2. The van der Waals surface area contributed by atoms with E-state index in [2.05, 4.69) is 5.32 Å². The molecule has 1 heterocycles. The van der Waals surface area contributed by atoms with Crippen molar-refractivity contribution in [1.82, 2.24) is 5.32 Å². The summed E-state index contributed by atoms with van der Waals surface area (Å²) in [5.74, 6) is 0.387. The first-order valence-electron chi connectivity index (χ1n) is 10.2. The second-order valence-corrected chi connectivity index (χ2v) is 7.55. The van der Waals surface area contributed by atoms with Crippen molar-refractivity contribution >= 4 is 16.9 Å². The average Bonchev–Trinajstić information content (AvgIpc) is 3.00. The molecule has 0 bridgehead atoms. The van der Waals surface area contributed by atoms with Gasteiger partial charge in [0, 0.05) is 23.6 Å². The molecule has 1 aliphatic rings. The fraction of sp³-hybridized carbons (Fsp3) is 0.333. The van der Waals surface area contributed by atoms with Crippen LogP contribution in [0.3, 0.4) is 0 Å². The van der Waals surface area contributed by atoms with E-state index in [1.54, 1.807) is 12.1 Å². The summed E-state index contributed by atoms with van der Waals surface area (Å²) in [6.45, 7) is -0.0510. The van der Waals surface area contributed by atoms with Crippen molar-refractivity contribution < 1.29 is 13.9 Å². The topological polar surface area (TPSA) is 68.5 Å². The van der Waals surface area contributed by atoms with E-state index >= 15 is 0 Å². The number of amides is 1. The predicted molar refractivity (Wildman–Crippen MR) is 113 cm³/mol. The van der Waals surface area contributed by atoms with Crippen LogP contribution in [-0.2, 0) is 4.79 Å². The summed E-state index contributed by atoms with van der Waals surface area (Å²) in [7, 11) is 0. The zero-order valence-electron chi connectivity index (χ0n) is 16.4. The first-order chi connectivity index (χ1) is 14.2. The number of rotatable bonds is 5. The van der Waals surface area contributed by atoms with Gasteiger partial charge in [-0.3, -0.25) is 4.79 Å². The molecule has 0 aliphatic heterocycles. The Morgan fingerprint density at radius 2 is 1.76 bits per heavy atom. The van der Waals surface area contributed by atoms with E-state index in [1.165, 1.54) is 31.7 Å². The smallest absolute Gasteiger partial charge is 0.336 e. The SMILES string of the molecule is O=C(COc1ccc2c(-c3ccccc3)cc(=O)oc2c1)NC1CCCCCC1. The molecule has 1 amide bonds. The number of ether oxygens (including phenoxy) is 1. The highest BCUT2D eigenvalue weighted by Gasteiger charge is 2.15. The Balaban J connectivity index is 1.48. The van der Waals surface area contributed by atoms with Crippen molar-refractivity contribution in [2.45, 2.75) is 44.6 Å². The van der Waals surface area contributed by atoms with Gasteiger partial charge in [0.25, 0.3) is 5.91 Å². The summed E-state index contributed by atoms with van der Waals surface area (Å²) in [4.78, 5) is 24.3. The summed E-state index contributed by atoms with van der Waals surface area (Å²) < 4.78 is 11.0. The largest absolute Gasteiger partial charge is 0.484 e. The Bertz CT molecular complexity index is 1030. The summed E-state index contributed by atoms with van der Waals surface area (Å²) >= 11 is 0. The molecule has 0 radical (unpaired) electrons. The molecule has 1 N–H and O–H groups in total. The first kappa shape index (κ1) is 19.2. The molecule has 0 saturated heterocycles. The molecule has 5 nitrogen and oxygen atoms in total. The van der Waals surface area contributed by atoms with E-state index in [1.807, 2.05) is 36.4 Å². The molecule has 0 atom stereocenters. The van der Waals surface area contributed by atoms with Crippen molar-refractivity contribution in [3.8, 4) is 16.9 Å². The Morgan fingerprint density at radius 1 is 1.00 bits per heavy atom. The van der Waals surface area contributed by atoms with Gasteiger partial charge in [0.1, 0.15) is 11.3 Å². The minimum absolute atomic E-state index is 0.0510. The second-order valence-electron chi connectivity index (χ2n) is 7.55. The molecule has 1 saturated carbocycles. The Labute approximate surface area is 169 Å². The van der Waals surface area contributed by atoms with Gasteiger partial charge in [0.15, 0.2) is 6.61 Å². The Morgan fingerprint density at radius 3 is 2.52 bits per heavy atom. The fourth-order valence-corrected chi connectivity index (χ4v) is 3.93. The molecule has 1 aliphatic carbocycles. The van der Waals surface area contributed by atoms with Crippen LogP contribution < -0.4 is 15.7 Å². The van der Waals surface area contributed by atoms with Crippen LogP contribution in [0.25, 0.3) is 22.1 Å². The molecule has 4 rings (SSSR count). The van der Waals surface area contributed by atoms with Gasteiger partial charge in [-0.25, -0.2) is 4.79 Å². The van der Waals surface area contributed by atoms with Crippen molar-refractivity contribution in [3.05, 3.63) is 65.0 Å².